The molecule has 0 saturated carbocycles. The van der Waals surface area contributed by atoms with Crippen molar-refractivity contribution < 1.29 is 19.1 Å². The number of amides is 2. The molecule has 33 heavy (non-hydrogen) atoms. The van der Waals surface area contributed by atoms with Crippen molar-refractivity contribution in [2.24, 2.45) is 5.73 Å². The summed E-state index contributed by atoms with van der Waals surface area (Å²) >= 11 is 0. The van der Waals surface area contributed by atoms with Crippen LogP contribution in [0.15, 0.2) is 72.8 Å². The summed E-state index contributed by atoms with van der Waals surface area (Å²) in [5, 5.41) is 11.9. The van der Waals surface area contributed by atoms with Crippen LogP contribution in [0.25, 0.3) is 0 Å². The van der Waals surface area contributed by atoms with Gasteiger partial charge in [-0.3, -0.25) is 9.59 Å². The van der Waals surface area contributed by atoms with Gasteiger partial charge in [-0.2, -0.15) is 5.26 Å². The number of nitriles is 1. The van der Waals surface area contributed by atoms with Gasteiger partial charge in [-0.25, -0.2) is 0 Å². The van der Waals surface area contributed by atoms with E-state index in [9.17, 15) is 9.59 Å². The van der Waals surface area contributed by atoms with Gasteiger partial charge in [-0.15, -0.1) is 0 Å². The largest absolute Gasteiger partial charge is 0.497 e. The van der Waals surface area contributed by atoms with Gasteiger partial charge in [-0.1, -0.05) is 36.4 Å². The molecule has 0 aliphatic carbocycles. The highest BCUT2D eigenvalue weighted by molar-refractivity contribution is 5.92. The zero-order chi connectivity index (χ0) is 23.8. The maximum absolute atomic E-state index is 13.4. The lowest BCUT2D eigenvalue weighted by Crippen LogP contribution is -2.47. The molecule has 2 amide bonds. The van der Waals surface area contributed by atoms with Crippen LogP contribution in [-0.2, 0) is 16.0 Å². The molecule has 7 heteroatoms. The number of benzene rings is 3. The van der Waals surface area contributed by atoms with Gasteiger partial charge in [0.2, 0.25) is 11.8 Å². The van der Waals surface area contributed by atoms with Gasteiger partial charge in [-0.05, 0) is 53.1 Å². The van der Waals surface area contributed by atoms with Gasteiger partial charge >= 0.3 is 0 Å². The molecule has 3 aromatic carbocycles. The van der Waals surface area contributed by atoms with Crippen molar-refractivity contribution in [1.29, 1.82) is 5.26 Å². The molecule has 0 bridgehead atoms. The minimum Gasteiger partial charge on any atom is -0.497 e. The van der Waals surface area contributed by atoms with Crippen molar-refractivity contribution in [3.8, 4) is 17.6 Å². The quantitative estimate of drug-likeness (QED) is 0.528. The van der Waals surface area contributed by atoms with Gasteiger partial charge in [0.1, 0.15) is 17.5 Å². The first-order valence-electron chi connectivity index (χ1n) is 10.3. The van der Waals surface area contributed by atoms with Crippen LogP contribution in [-0.4, -0.2) is 32.1 Å². The molecule has 3 aromatic rings. The van der Waals surface area contributed by atoms with E-state index in [1.165, 1.54) is 0 Å². The SMILES string of the molecule is COc1ccc(C(C(=O)N[C@@H](Cc2cccc(C#N)c2)C(N)=O)c2ccc(OC)cc2)cc1. The molecule has 0 aromatic heterocycles. The standard InChI is InChI=1S/C26H25N3O4/c1-32-21-10-6-19(7-11-21)24(20-8-12-22(33-2)13-9-20)26(31)29-23(25(28)30)15-17-4-3-5-18(14-17)16-27/h3-14,23-24H,15H2,1-2H3,(H2,28,30)(H,29,31)/t23-/m0/s1. The number of hydrogen-bond donors (Lipinski definition) is 2. The Morgan fingerprint density at radius 2 is 1.48 bits per heavy atom. The third-order valence-electron chi connectivity index (χ3n) is 5.32. The number of primary amides is 1. The Balaban J connectivity index is 1.91. The van der Waals surface area contributed by atoms with E-state index in [4.69, 9.17) is 20.5 Å². The lowest BCUT2D eigenvalue weighted by molar-refractivity contribution is -0.127. The van der Waals surface area contributed by atoms with Crippen molar-refractivity contribution in [3.63, 3.8) is 0 Å². The molecule has 3 rings (SSSR count). The lowest BCUT2D eigenvalue weighted by Gasteiger charge is -2.22. The van der Waals surface area contributed by atoms with E-state index in [2.05, 4.69) is 11.4 Å². The van der Waals surface area contributed by atoms with Crippen molar-refractivity contribution in [1.82, 2.24) is 5.32 Å². The second-order valence-corrected chi connectivity index (χ2v) is 7.46. The van der Waals surface area contributed by atoms with Crippen LogP contribution in [0.4, 0.5) is 0 Å². The van der Waals surface area contributed by atoms with Crippen molar-refractivity contribution in [2.45, 2.75) is 18.4 Å². The highest BCUT2D eigenvalue weighted by atomic mass is 16.5. The number of nitrogens with one attached hydrogen (secondary N) is 1. The summed E-state index contributed by atoms with van der Waals surface area (Å²) in [5.74, 6) is -0.381. The summed E-state index contributed by atoms with van der Waals surface area (Å²) in [4.78, 5) is 25.6. The molecule has 0 radical (unpaired) electrons. The predicted octanol–water partition coefficient (Wildman–Crippen LogP) is 2.92. The molecule has 0 heterocycles. The number of rotatable bonds is 9. The van der Waals surface area contributed by atoms with Crippen LogP contribution in [0, 0.1) is 11.3 Å². The fourth-order valence-electron chi connectivity index (χ4n) is 3.57. The summed E-state index contributed by atoms with van der Waals surface area (Å²) in [6, 6.07) is 22.3. The molecular weight excluding hydrogens is 418 g/mol. The van der Waals surface area contributed by atoms with Crippen LogP contribution >= 0.6 is 0 Å². The van der Waals surface area contributed by atoms with Gasteiger partial charge < -0.3 is 20.5 Å². The zero-order valence-electron chi connectivity index (χ0n) is 18.4. The molecule has 0 fully saturated rings. The highest BCUT2D eigenvalue weighted by Crippen LogP contribution is 2.28. The summed E-state index contributed by atoms with van der Waals surface area (Å²) in [6.45, 7) is 0. The highest BCUT2D eigenvalue weighted by Gasteiger charge is 2.27. The number of methoxy groups -OCH3 is 2. The van der Waals surface area contributed by atoms with Crippen LogP contribution in [0.2, 0.25) is 0 Å². The smallest absolute Gasteiger partial charge is 0.240 e. The zero-order valence-corrected chi connectivity index (χ0v) is 18.4. The van der Waals surface area contributed by atoms with Crippen LogP contribution in [0.1, 0.15) is 28.2 Å². The molecule has 7 nitrogen and oxygen atoms in total. The number of nitrogens with two attached hydrogens (primary N) is 1. The Morgan fingerprint density at radius 3 is 1.94 bits per heavy atom. The molecule has 0 saturated heterocycles. The van der Waals surface area contributed by atoms with Gasteiger partial charge in [0, 0.05) is 6.42 Å². The van der Waals surface area contributed by atoms with Crippen molar-refractivity contribution >= 4 is 11.8 Å². The number of carbonyl (C=O) groups excluding carboxylic acids is 2. The topological polar surface area (TPSA) is 114 Å². The van der Waals surface area contributed by atoms with Gasteiger partial charge in [0.15, 0.2) is 0 Å². The number of ether oxygens (including phenoxy) is 2. The Kier molecular flexibility index (Phi) is 7.66. The lowest BCUT2D eigenvalue weighted by atomic mass is 9.89. The Hall–Kier alpha value is -4.31. The normalized spacial score (nSPS) is 11.3. The maximum atomic E-state index is 13.4. The molecule has 0 spiro atoms. The minimum absolute atomic E-state index is 0.175. The monoisotopic (exact) mass is 443 g/mol. The van der Waals surface area contributed by atoms with Crippen LogP contribution in [0.3, 0.4) is 0 Å². The van der Waals surface area contributed by atoms with E-state index in [-0.39, 0.29) is 12.3 Å². The summed E-state index contributed by atoms with van der Waals surface area (Å²) in [5.41, 5.74) is 8.26. The average Bonchev–Trinajstić information content (AvgIpc) is 2.84. The summed E-state index contributed by atoms with van der Waals surface area (Å²) < 4.78 is 10.5. The Morgan fingerprint density at radius 1 is 0.939 bits per heavy atom. The summed E-state index contributed by atoms with van der Waals surface area (Å²) in [6.07, 6.45) is 0.175. The third kappa shape index (κ3) is 5.89. The molecule has 3 N–H and O–H groups in total. The third-order valence-corrected chi connectivity index (χ3v) is 5.32. The second-order valence-electron chi connectivity index (χ2n) is 7.46. The molecule has 0 unspecified atom stereocenters. The van der Waals surface area contributed by atoms with E-state index in [1.807, 2.05) is 24.3 Å². The van der Waals surface area contributed by atoms with E-state index >= 15 is 0 Å². The number of nitrogens with zero attached hydrogens (tertiary/aromatic N) is 1. The van der Waals surface area contributed by atoms with E-state index in [1.54, 1.807) is 62.8 Å². The van der Waals surface area contributed by atoms with Gasteiger partial charge in [0.05, 0.1) is 31.8 Å². The number of hydrogen-bond acceptors (Lipinski definition) is 5. The summed E-state index contributed by atoms with van der Waals surface area (Å²) in [7, 11) is 3.14. The number of carbonyl (C=O) groups is 2. The van der Waals surface area contributed by atoms with E-state index < -0.39 is 17.9 Å². The predicted molar refractivity (Wildman–Crippen MR) is 124 cm³/mol. The molecular formula is C26H25N3O4. The Labute approximate surface area is 192 Å². The molecule has 0 aliphatic heterocycles. The first-order chi connectivity index (χ1) is 15.9. The van der Waals surface area contributed by atoms with Crippen LogP contribution < -0.4 is 20.5 Å². The first-order valence-corrected chi connectivity index (χ1v) is 10.3. The van der Waals surface area contributed by atoms with E-state index in [0.717, 1.165) is 16.7 Å². The fourth-order valence-corrected chi connectivity index (χ4v) is 3.57. The van der Waals surface area contributed by atoms with E-state index in [0.29, 0.717) is 17.1 Å². The van der Waals surface area contributed by atoms with Crippen molar-refractivity contribution in [3.05, 3.63) is 95.1 Å². The molecule has 0 aliphatic rings. The Bertz CT molecular complexity index is 1100. The van der Waals surface area contributed by atoms with Crippen LogP contribution in [0.5, 0.6) is 11.5 Å². The maximum Gasteiger partial charge on any atom is 0.240 e. The first kappa shape index (κ1) is 23.4. The minimum atomic E-state index is -0.939. The van der Waals surface area contributed by atoms with Crippen molar-refractivity contribution in [2.75, 3.05) is 14.2 Å². The molecule has 1 atom stereocenters. The van der Waals surface area contributed by atoms with Gasteiger partial charge in [0.25, 0.3) is 0 Å². The molecule has 168 valence electrons. The average molecular weight is 444 g/mol. The fraction of sp³-hybridized carbons (Fsp3) is 0.192. The second kappa shape index (κ2) is 10.8.